The first-order valence-corrected chi connectivity index (χ1v) is 7.31. The fourth-order valence-corrected chi connectivity index (χ4v) is 2.96. The van der Waals surface area contributed by atoms with Gasteiger partial charge in [0.2, 0.25) is 0 Å². The number of rotatable bonds is 5. The van der Waals surface area contributed by atoms with Crippen molar-refractivity contribution >= 4 is 40.8 Å². The highest BCUT2D eigenvalue weighted by atomic mass is 35.5. The average molecular weight is 315 g/mol. The normalized spacial score (nSPS) is 19.7. The minimum Gasteiger partial charge on any atom is -0.382 e. The molecule has 7 heteroatoms. The highest BCUT2D eigenvalue weighted by molar-refractivity contribution is 7.16. The maximum atomic E-state index is 11.9. The van der Waals surface area contributed by atoms with Crippen LogP contribution < -0.4 is 5.32 Å². The van der Waals surface area contributed by atoms with Crippen molar-refractivity contribution in [3.05, 3.63) is 27.4 Å². The molecule has 1 aliphatic heterocycles. The van der Waals surface area contributed by atoms with Gasteiger partial charge in [-0.15, -0.1) is 11.3 Å². The molecule has 0 aromatic carbocycles. The van der Waals surface area contributed by atoms with Crippen molar-refractivity contribution in [2.45, 2.75) is 6.04 Å². The molecule has 1 saturated heterocycles. The molecule has 1 aliphatic rings. The van der Waals surface area contributed by atoms with Gasteiger partial charge >= 0.3 is 11.8 Å². The molecule has 0 bridgehead atoms. The van der Waals surface area contributed by atoms with Crippen LogP contribution in [0.15, 0.2) is 18.2 Å². The topological polar surface area (TPSA) is 58.6 Å². The van der Waals surface area contributed by atoms with Crippen LogP contribution in [0.2, 0.25) is 4.34 Å². The van der Waals surface area contributed by atoms with Crippen LogP contribution in [0.5, 0.6) is 0 Å². The van der Waals surface area contributed by atoms with Gasteiger partial charge in [-0.05, 0) is 18.2 Å². The summed E-state index contributed by atoms with van der Waals surface area (Å²) in [6.07, 6.45) is 3.74. The molecule has 0 saturated carbocycles. The second-order valence-corrected chi connectivity index (χ2v) is 6.07. The SMILES string of the molecule is COCC1CNC(=O)C(=O)N1CC=Cc1ccc(Cl)s1. The van der Waals surface area contributed by atoms with E-state index in [1.54, 1.807) is 7.11 Å². The molecular weight excluding hydrogens is 300 g/mol. The highest BCUT2D eigenvalue weighted by Crippen LogP contribution is 2.22. The third-order valence-electron chi connectivity index (χ3n) is 2.93. The van der Waals surface area contributed by atoms with Crippen LogP contribution >= 0.6 is 22.9 Å². The van der Waals surface area contributed by atoms with E-state index in [0.717, 1.165) is 9.21 Å². The van der Waals surface area contributed by atoms with Crippen LogP contribution in [0.25, 0.3) is 6.08 Å². The lowest BCUT2D eigenvalue weighted by atomic mass is 10.2. The first-order chi connectivity index (χ1) is 9.61. The summed E-state index contributed by atoms with van der Waals surface area (Å²) in [5.74, 6) is -1.09. The number of thiophene rings is 1. The summed E-state index contributed by atoms with van der Waals surface area (Å²) in [5, 5.41) is 2.56. The number of carbonyl (C=O) groups excluding carboxylic acids is 2. The number of halogens is 1. The number of nitrogens with zero attached hydrogens (tertiary/aromatic N) is 1. The molecule has 1 aromatic rings. The van der Waals surface area contributed by atoms with Gasteiger partial charge in [0.25, 0.3) is 0 Å². The molecule has 1 aromatic heterocycles. The first kappa shape index (κ1) is 15.0. The molecule has 1 N–H and O–H groups in total. The fraction of sp³-hybridized carbons (Fsp3) is 0.385. The molecule has 108 valence electrons. The summed E-state index contributed by atoms with van der Waals surface area (Å²) in [5.41, 5.74) is 0. The van der Waals surface area contributed by atoms with E-state index >= 15 is 0 Å². The molecule has 5 nitrogen and oxygen atoms in total. The number of amides is 2. The van der Waals surface area contributed by atoms with E-state index in [0.29, 0.717) is 19.7 Å². The van der Waals surface area contributed by atoms with E-state index in [9.17, 15) is 9.59 Å². The van der Waals surface area contributed by atoms with Gasteiger partial charge in [0.05, 0.1) is 17.0 Å². The van der Waals surface area contributed by atoms with Crippen molar-refractivity contribution in [1.82, 2.24) is 10.2 Å². The Labute approximate surface area is 126 Å². The maximum Gasteiger partial charge on any atom is 0.312 e. The molecule has 2 heterocycles. The van der Waals surface area contributed by atoms with E-state index in [4.69, 9.17) is 16.3 Å². The number of piperazine rings is 1. The Kier molecular flexibility index (Phi) is 5.17. The van der Waals surface area contributed by atoms with Crippen LogP contribution in [0, 0.1) is 0 Å². The summed E-state index contributed by atoms with van der Waals surface area (Å²) in [7, 11) is 1.57. The van der Waals surface area contributed by atoms with Crippen LogP contribution in [0.1, 0.15) is 4.88 Å². The summed E-state index contributed by atoms with van der Waals surface area (Å²) in [4.78, 5) is 25.8. The van der Waals surface area contributed by atoms with Crippen LogP contribution in [-0.2, 0) is 14.3 Å². The molecular formula is C13H15ClN2O3S. The Morgan fingerprint density at radius 3 is 3.00 bits per heavy atom. The minimum absolute atomic E-state index is 0.137. The van der Waals surface area contributed by atoms with E-state index in [-0.39, 0.29) is 6.04 Å². The second kappa shape index (κ2) is 6.88. The highest BCUT2D eigenvalue weighted by Gasteiger charge is 2.32. The predicted molar refractivity (Wildman–Crippen MR) is 78.7 cm³/mol. The van der Waals surface area contributed by atoms with Gasteiger partial charge in [-0.1, -0.05) is 17.7 Å². The molecule has 0 radical (unpaired) electrons. The third kappa shape index (κ3) is 3.59. The Morgan fingerprint density at radius 2 is 2.35 bits per heavy atom. The van der Waals surface area contributed by atoms with Crippen molar-refractivity contribution in [2.24, 2.45) is 0 Å². The van der Waals surface area contributed by atoms with Crippen molar-refractivity contribution < 1.29 is 14.3 Å². The molecule has 2 amide bonds. The van der Waals surface area contributed by atoms with E-state index in [1.807, 2.05) is 24.3 Å². The monoisotopic (exact) mass is 314 g/mol. The van der Waals surface area contributed by atoms with E-state index in [1.165, 1.54) is 16.2 Å². The van der Waals surface area contributed by atoms with Crippen molar-refractivity contribution in [3.63, 3.8) is 0 Å². The average Bonchev–Trinajstić information content (AvgIpc) is 2.83. The lowest BCUT2D eigenvalue weighted by molar-refractivity contribution is -0.151. The predicted octanol–water partition coefficient (Wildman–Crippen LogP) is 1.39. The smallest absolute Gasteiger partial charge is 0.312 e. The maximum absolute atomic E-state index is 11.9. The standard InChI is InChI=1S/C13H15ClN2O3S/c1-19-8-9-7-15-12(17)13(18)16(9)6-2-3-10-4-5-11(14)20-10/h2-5,9H,6-8H2,1H3,(H,15,17). The molecule has 1 atom stereocenters. The van der Waals surface area contributed by atoms with Crippen molar-refractivity contribution in [2.75, 3.05) is 26.8 Å². The minimum atomic E-state index is -0.565. The zero-order valence-electron chi connectivity index (χ0n) is 11.0. The number of nitrogens with one attached hydrogen (secondary N) is 1. The first-order valence-electron chi connectivity index (χ1n) is 6.11. The molecule has 1 unspecified atom stereocenters. The second-order valence-electron chi connectivity index (χ2n) is 4.32. The summed E-state index contributed by atoms with van der Waals surface area (Å²) in [6.45, 7) is 1.18. The van der Waals surface area contributed by atoms with Gasteiger partial charge in [0, 0.05) is 25.1 Å². The zero-order chi connectivity index (χ0) is 14.5. The zero-order valence-corrected chi connectivity index (χ0v) is 12.5. The Morgan fingerprint density at radius 1 is 1.55 bits per heavy atom. The Hall–Kier alpha value is -1.37. The third-order valence-corrected chi connectivity index (χ3v) is 4.13. The van der Waals surface area contributed by atoms with Crippen LogP contribution in [0.4, 0.5) is 0 Å². The van der Waals surface area contributed by atoms with Gasteiger partial charge in [-0.2, -0.15) is 0 Å². The number of hydrogen-bond acceptors (Lipinski definition) is 4. The fourth-order valence-electron chi connectivity index (χ4n) is 1.97. The van der Waals surface area contributed by atoms with Crippen LogP contribution in [0.3, 0.4) is 0 Å². The van der Waals surface area contributed by atoms with E-state index in [2.05, 4.69) is 5.32 Å². The van der Waals surface area contributed by atoms with Gasteiger partial charge in [-0.25, -0.2) is 0 Å². The van der Waals surface area contributed by atoms with Gasteiger partial charge in [0.15, 0.2) is 0 Å². The summed E-state index contributed by atoms with van der Waals surface area (Å²) in [6, 6.07) is 3.58. The molecule has 1 fully saturated rings. The van der Waals surface area contributed by atoms with Gasteiger partial charge in [-0.3, -0.25) is 9.59 Å². The lowest BCUT2D eigenvalue weighted by Gasteiger charge is -2.34. The molecule has 20 heavy (non-hydrogen) atoms. The Balaban J connectivity index is 2.01. The summed E-state index contributed by atoms with van der Waals surface area (Å²) >= 11 is 7.30. The number of methoxy groups -OCH3 is 1. The number of carbonyl (C=O) groups is 2. The van der Waals surface area contributed by atoms with E-state index < -0.39 is 11.8 Å². The lowest BCUT2D eigenvalue weighted by Crippen LogP contribution is -2.59. The molecule has 2 rings (SSSR count). The van der Waals surface area contributed by atoms with Gasteiger partial charge < -0.3 is 15.0 Å². The summed E-state index contributed by atoms with van der Waals surface area (Å²) < 4.78 is 5.80. The quantitative estimate of drug-likeness (QED) is 0.836. The number of hydrogen-bond donors (Lipinski definition) is 1. The van der Waals surface area contributed by atoms with Gasteiger partial charge in [0.1, 0.15) is 0 Å². The Bertz CT molecular complexity index is 529. The largest absolute Gasteiger partial charge is 0.382 e. The molecule has 0 spiro atoms. The van der Waals surface area contributed by atoms with Crippen LogP contribution in [-0.4, -0.2) is 49.6 Å². The number of ether oxygens (including phenoxy) is 1. The molecule has 0 aliphatic carbocycles. The van der Waals surface area contributed by atoms with Crippen molar-refractivity contribution in [3.8, 4) is 0 Å². The van der Waals surface area contributed by atoms with Crippen molar-refractivity contribution in [1.29, 1.82) is 0 Å².